The first-order chi connectivity index (χ1) is 7.51. The number of carbonyl (C=O) groups is 1. The summed E-state index contributed by atoms with van der Waals surface area (Å²) in [6.07, 6.45) is -2.84. The van der Waals surface area contributed by atoms with E-state index in [0.29, 0.717) is 6.07 Å². The van der Waals surface area contributed by atoms with E-state index in [2.05, 4.69) is 20.7 Å². The molecule has 0 atom stereocenters. The van der Waals surface area contributed by atoms with E-state index >= 15 is 0 Å². The van der Waals surface area contributed by atoms with E-state index in [1.54, 1.807) is 0 Å². The Morgan fingerprint density at radius 3 is 2.56 bits per heavy atom. The van der Waals surface area contributed by atoms with Crippen LogP contribution >= 0.6 is 15.9 Å². The fraction of sp³-hybridized carbons (Fsp3) is 0.300. The minimum Gasteiger partial charge on any atom is -0.465 e. The first-order valence-electron chi connectivity index (χ1n) is 4.26. The van der Waals surface area contributed by atoms with Gasteiger partial charge in [-0.1, -0.05) is 15.9 Å². The summed E-state index contributed by atoms with van der Waals surface area (Å²) in [6.45, 7) is 0. The lowest BCUT2D eigenvalue weighted by Crippen LogP contribution is -2.08. The predicted octanol–water partition coefficient (Wildman–Crippen LogP) is 3.44. The minimum atomic E-state index is -2.84. The molecule has 0 bridgehead atoms. The summed E-state index contributed by atoms with van der Waals surface area (Å²) in [4.78, 5) is 11.3. The van der Waals surface area contributed by atoms with Crippen molar-refractivity contribution in [3.05, 3.63) is 34.6 Å². The maximum absolute atomic E-state index is 13.0. The second-order valence-electron chi connectivity index (χ2n) is 2.95. The molecule has 88 valence electrons. The molecule has 0 amide bonds. The van der Waals surface area contributed by atoms with Gasteiger partial charge in [-0.3, -0.25) is 0 Å². The topological polar surface area (TPSA) is 26.3 Å². The van der Waals surface area contributed by atoms with Gasteiger partial charge in [0, 0.05) is 10.9 Å². The molecule has 0 aliphatic rings. The smallest absolute Gasteiger partial charge is 0.338 e. The molecule has 0 radical (unpaired) electrons. The molecular formula is C10H8BrF3O2. The average molecular weight is 297 g/mol. The summed E-state index contributed by atoms with van der Waals surface area (Å²) in [6, 6.07) is 1.60. The van der Waals surface area contributed by atoms with Crippen molar-refractivity contribution in [3.8, 4) is 0 Å². The molecule has 0 aromatic heterocycles. The SMILES string of the molecule is COC(=O)c1cc(F)cc(C(F)F)c1CBr. The van der Waals surface area contributed by atoms with Crippen molar-refractivity contribution in [2.75, 3.05) is 7.11 Å². The summed E-state index contributed by atoms with van der Waals surface area (Å²) >= 11 is 2.99. The van der Waals surface area contributed by atoms with Crippen molar-refractivity contribution < 1.29 is 22.7 Å². The van der Waals surface area contributed by atoms with Crippen LogP contribution in [0.3, 0.4) is 0 Å². The van der Waals surface area contributed by atoms with Crippen LogP contribution in [0.2, 0.25) is 0 Å². The van der Waals surface area contributed by atoms with E-state index in [1.165, 1.54) is 0 Å². The van der Waals surface area contributed by atoms with Gasteiger partial charge in [0.25, 0.3) is 6.43 Å². The van der Waals surface area contributed by atoms with Crippen LogP contribution in [-0.2, 0) is 10.1 Å². The Labute approximate surface area is 98.5 Å². The number of rotatable bonds is 3. The molecular weight excluding hydrogens is 289 g/mol. The third-order valence-electron chi connectivity index (χ3n) is 2.02. The number of halogens is 4. The average Bonchev–Trinajstić information content (AvgIpc) is 2.26. The van der Waals surface area contributed by atoms with Gasteiger partial charge in [-0.05, 0) is 17.7 Å². The van der Waals surface area contributed by atoms with E-state index in [0.717, 1.165) is 13.2 Å². The summed E-state index contributed by atoms with van der Waals surface area (Å²) in [7, 11) is 1.10. The zero-order valence-corrected chi connectivity index (χ0v) is 9.85. The molecule has 0 aliphatic carbocycles. The van der Waals surface area contributed by atoms with Crippen molar-refractivity contribution in [2.45, 2.75) is 11.8 Å². The summed E-state index contributed by atoms with van der Waals surface area (Å²) < 4.78 is 42.6. The number of hydrogen-bond acceptors (Lipinski definition) is 2. The normalized spacial score (nSPS) is 10.6. The molecule has 0 saturated carbocycles. The number of esters is 1. The fourth-order valence-electron chi connectivity index (χ4n) is 1.29. The first-order valence-corrected chi connectivity index (χ1v) is 5.38. The van der Waals surface area contributed by atoms with Crippen LogP contribution < -0.4 is 0 Å². The number of benzene rings is 1. The Bertz CT molecular complexity index is 407. The first kappa shape index (κ1) is 13.0. The molecule has 1 aromatic rings. The lowest BCUT2D eigenvalue weighted by molar-refractivity contribution is 0.0598. The summed E-state index contributed by atoms with van der Waals surface area (Å²) in [5.74, 6) is -1.73. The van der Waals surface area contributed by atoms with Crippen molar-refractivity contribution in [1.82, 2.24) is 0 Å². The van der Waals surface area contributed by atoms with Crippen LogP contribution in [-0.4, -0.2) is 13.1 Å². The Morgan fingerprint density at radius 1 is 1.50 bits per heavy atom. The molecule has 16 heavy (non-hydrogen) atoms. The largest absolute Gasteiger partial charge is 0.465 e. The van der Waals surface area contributed by atoms with Gasteiger partial charge >= 0.3 is 5.97 Å². The zero-order valence-electron chi connectivity index (χ0n) is 8.27. The Kier molecular flexibility index (Phi) is 4.35. The molecule has 0 fully saturated rings. The quantitative estimate of drug-likeness (QED) is 0.631. The van der Waals surface area contributed by atoms with Crippen molar-refractivity contribution in [2.24, 2.45) is 0 Å². The van der Waals surface area contributed by atoms with Gasteiger partial charge in [-0.25, -0.2) is 18.0 Å². The van der Waals surface area contributed by atoms with Gasteiger partial charge in [-0.2, -0.15) is 0 Å². The van der Waals surface area contributed by atoms with Crippen LogP contribution in [0.5, 0.6) is 0 Å². The van der Waals surface area contributed by atoms with Crippen LogP contribution in [0.25, 0.3) is 0 Å². The van der Waals surface area contributed by atoms with Crippen molar-refractivity contribution in [1.29, 1.82) is 0 Å². The van der Waals surface area contributed by atoms with E-state index in [-0.39, 0.29) is 16.5 Å². The Hall–Kier alpha value is -1.04. The molecule has 0 spiro atoms. The Balaban J connectivity index is 3.41. The van der Waals surface area contributed by atoms with Crippen molar-refractivity contribution >= 4 is 21.9 Å². The van der Waals surface area contributed by atoms with Crippen LogP contribution in [0, 0.1) is 5.82 Å². The number of carbonyl (C=O) groups excluding carboxylic acids is 1. The lowest BCUT2D eigenvalue weighted by atomic mass is 10.0. The van der Waals surface area contributed by atoms with E-state index < -0.39 is 23.8 Å². The van der Waals surface area contributed by atoms with Gasteiger partial charge in [0.15, 0.2) is 0 Å². The van der Waals surface area contributed by atoms with Crippen molar-refractivity contribution in [3.63, 3.8) is 0 Å². The number of ether oxygens (including phenoxy) is 1. The molecule has 1 rings (SSSR count). The van der Waals surface area contributed by atoms with E-state index in [9.17, 15) is 18.0 Å². The highest BCUT2D eigenvalue weighted by atomic mass is 79.9. The highest BCUT2D eigenvalue weighted by Gasteiger charge is 2.21. The van der Waals surface area contributed by atoms with Gasteiger partial charge < -0.3 is 4.74 Å². The molecule has 0 aliphatic heterocycles. The van der Waals surface area contributed by atoms with Gasteiger partial charge in [0.2, 0.25) is 0 Å². The molecule has 0 saturated heterocycles. The Morgan fingerprint density at radius 2 is 2.12 bits per heavy atom. The van der Waals surface area contributed by atoms with Crippen LogP contribution in [0.4, 0.5) is 13.2 Å². The second kappa shape index (κ2) is 5.34. The molecule has 2 nitrogen and oxygen atoms in total. The molecule has 0 N–H and O–H groups in total. The zero-order chi connectivity index (χ0) is 12.3. The monoisotopic (exact) mass is 296 g/mol. The lowest BCUT2D eigenvalue weighted by Gasteiger charge is -2.11. The standard InChI is InChI=1S/C10H8BrF3O2/c1-16-10(15)7-3-5(12)2-6(9(13)14)8(7)4-11/h2-3,9H,4H2,1H3. The molecule has 1 aromatic carbocycles. The highest BCUT2D eigenvalue weighted by molar-refractivity contribution is 9.08. The predicted molar refractivity (Wildman–Crippen MR) is 55.3 cm³/mol. The second-order valence-corrected chi connectivity index (χ2v) is 3.51. The molecule has 6 heteroatoms. The molecule has 0 unspecified atom stereocenters. The fourth-order valence-corrected chi connectivity index (χ4v) is 1.92. The van der Waals surface area contributed by atoms with Crippen LogP contribution in [0.15, 0.2) is 12.1 Å². The molecule has 0 heterocycles. The summed E-state index contributed by atoms with van der Waals surface area (Å²) in [5, 5.41) is 0.0252. The third-order valence-corrected chi connectivity index (χ3v) is 2.58. The number of methoxy groups -OCH3 is 1. The van der Waals surface area contributed by atoms with Crippen LogP contribution in [0.1, 0.15) is 27.9 Å². The van der Waals surface area contributed by atoms with E-state index in [1.807, 2.05) is 0 Å². The minimum absolute atomic E-state index is 0.0252. The number of hydrogen-bond donors (Lipinski definition) is 0. The van der Waals surface area contributed by atoms with Gasteiger partial charge in [-0.15, -0.1) is 0 Å². The van der Waals surface area contributed by atoms with E-state index in [4.69, 9.17) is 0 Å². The highest BCUT2D eigenvalue weighted by Crippen LogP contribution is 2.29. The third kappa shape index (κ3) is 2.55. The maximum atomic E-state index is 13.0. The summed E-state index contributed by atoms with van der Waals surface area (Å²) in [5.41, 5.74) is -0.643. The van der Waals surface area contributed by atoms with Gasteiger partial charge in [0.05, 0.1) is 12.7 Å². The van der Waals surface area contributed by atoms with Gasteiger partial charge in [0.1, 0.15) is 5.82 Å². The number of alkyl halides is 3. The maximum Gasteiger partial charge on any atom is 0.338 e.